The number of hydrogen-bond donors (Lipinski definition) is 2. The maximum absolute atomic E-state index is 10.9. The number of nitrogens with zero attached hydrogens (tertiary/aromatic N) is 3. The monoisotopic (exact) mass is 279 g/mol. The standard InChI is InChI=1S/C8H14ClN5O2S/c1-10-7-12-6(9)13-8(14-7)11-4-3-5-17(2,15)16/h3-5H2,1-2H3,(H2,10,11,12,13,14). The van der Waals surface area contributed by atoms with Crippen LogP contribution in [0.2, 0.25) is 5.28 Å². The van der Waals surface area contributed by atoms with Gasteiger partial charge in [0.15, 0.2) is 0 Å². The molecule has 7 nitrogen and oxygen atoms in total. The lowest BCUT2D eigenvalue weighted by atomic mass is 10.5. The average molecular weight is 280 g/mol. The second-order valence-electron chi connectivity index (χ2n) is 3.41. The normalized spacial score (nSPS) is 11.2. The average Bonchev–Trinajstić information content (AvgIpc) is 2.22. The van der Waals surface area contributed by atoms with Crippen molar-refractivity contribution in [1.82, 2.24) is 15.0 Å². The maximum atomic E-state index is 10.9. The van der Waals surface area contributed by atoms with Crippen molar-refractivity contribution in [3.63, 3.8) is 0 Å². The van der Waals surface area contributed by atoms with Crippen LogP contribution in [-0.2, 0) is 9.84 Å². The minimum absolute atomic E-state index is 0.0787. The molecule has 1 rings (SSSR count). The van der Waals surface area contributed by atoms with Gasteiger partial charge in [-0.25, -0.2) is 8.42 Å². The van der Waals surface area contributed by atoms with Gasteiger partial charge in [-0.2, -0.15) is 15.0 Å². The molecule has 0 saturated carbocycles. The molecule has 0 aliphatic heterocycles. The van der Waals surface area contributed by atoms with Gasteiger partial charge >= 0.3 is 0 Å². The molecule has 0 unspecified atom stereocenters. The molecule has 0 radical (unpaired) electrons. The molecule has 0 bridgehead atoms. The highest BCUT2D eigenvalue weighted by Crippen LogP contribution is 2.08. The van der Waals surface area contributed by atoms with Gasteiger partial charge in [0.25, 0.3) is 0 Å². The summed E-state index contributed by atoms with van der Waals surface area (Å²) in [6.45, 7) is 0.455. The van der Waals surface area contributed by atoms with E-state index in [1.165, 1.54) is 6.26 Å². The number of halogens is 1. The fraction of sp³-hybridized carbons (Fsp3) is 0.625. The second kappa shape index (κ2) is 5.97. The first-order chi connectivity index (χ1) is 7.90. The van der Waals surface area contributed by atoms with Gasteiger partial charge < -0.3 is 10.6 Å². The van der Waals surface area contributed by atoms with E-state index in [0.717, 1.165) is 0 Å². The zero-order valence-electron chi connectivity index (χ0n) is 9.57. The lowest BCUT2D eigenvalue weighted by Crippen LogP contribution is -2.12. The SMILES string of the molecule is CNc1nc(Cl)nc(NCCCS(C)(=O)=O)n1. The summed E-state index contributed by atoms with van der Waals surface area (Å²) in [5.74, 6) is 0.802. The molecule has 2 N–H and O–H groups in total. The third-order valence-electron chi connectivity index (χ3n) is 1.81. The smallest absolute Gasteiger partial charge is 0.228 e. The van der Waals surface area contributed by atoms with Crippen molar-refractivity contribution in [1.29, 1.82) is 0 Å². The first-order valence-electron chi connectivity index (χ1n) is 4.91. The Bertz CT molecular complexity index is 479. The fourth-order valence-electron chi connectivity index (χ4n) is 1.08. The van der Waals surface area contributed by atoms with Crippen LogP contribution in [0.25, 0.3) is 0 Å². The predicted molar refractivity (Wildman–Crippen MR) is 67.2 cm³/mol. The Morgan fingerprint density at radius 2 is 1.88 bits per heavy atom. The zero-order chi connectivity index (χ0) is 12.9. The summed E-state index contributed by atoms with van der Waals surface area (Å²) in [4.78, 5) is 11.7. The Morgan fingerprint density at radius 1 is 1.24 bits per heavy atom. The molecule has 17 heavy (non-hydrogen) atoms. The van der Waals surface area contributed by atoms with Crippen LogP contribution in [0.1, 0.15) is 6.42 Å². The van der Waals surface area contributed by atoms with Crippen molar-refractivity contribution < 1.29 is 8.42 Å². The molecular weight excluding hydrogens is 266 g/mol. The van der Waals surface area contributed by atoms with Crippen molar-refractivity contribution >= 4 is 33.3 Å². The highest BCUT2D eigenvalue weighted by atomic mass is 35.5. The first kappa shape index (κ1) is 13.9. The van der Waals surface area contributed by atoms with Crippen LogP contribution >= 0.6 is 11.6 Å². The molecule has 0 aliphatic rings. The number of sulfone groups is 1. The number of rotatable bonds is 6. The molecule has 1 aromatic rings. The van der Waals surface area contributed by atoms with Crippen molar-refractivity contribution in [2.45, 2.75) is 6.42 Å². The Morgan fingerprint density at radius 3 is 2.47 bits per heavy atom. The van der Waals surface area contributed by atoms with E-state index < -0.39 is 9.84 Å². The molecule has 1 heterocycles. The topological polar surface area (TPSA) is 96.9 Å². The Labute approximate surface area is 105 Å². The molecule has 9 heteroatoms. The quantitative estimate of drug-likeness (QED) is 0.728. The highest BCUT2D eigenvalue weighted by molar-refractivity contribution is 7.90. The number of nitrogens with one attached hydrogen (secondary N) is 2. The summed E-state index contributed by atoms with van der Waals surface area (Å²) in [5.41, 5.74) is 0. The largest absolute Gasteiger partial charge is 0.357 e. The molecule has 0 fully saturated rings. The first-order valence-corrected chi connectivity index (χ1v) is 7.35. The Kier molecular flexibility index (Phi) is 4.88. The summed E-state index contributed by atoms with van der Waals surface area (Å²) in [6, 6.07) is 0. The van der Waals surface area contributed by atoms with E-state index >= 15 is 0 Å². The summed E-state index contributed by atoms with van der Waals surface area (Å²) in [7, 11) is -1.27. The number of aromatic nitrogens is 3. The van der Waals surface area contributed by atoms with Crippen LogP contribution in [0.3, 0.4) is 0 Å². The van der Waals surface area contributed by atoms with Crippen molar-refractivity contribution in [2.75, 3.05) is 36.2 Å². The van der Waals surface area contributed by atoms with Gasteiger partial charge in [-0.3, -0.25) is 0 Å². The molecule has 1 aromatic heterocycles. The van der Waals surface area contributed by atoms with Crippen molar-refractivity contribution in [2.24, 2.45) is 0 Å². The van der Waals surface area contributed by atoms with Crippen LogP contribution in [0.4, 0.5) is 11.9 Å². The van der Waals surface area contributed by atoms with Gasteiger partial charge in [0, 0.05) is 19.8 Å². The minimum atomic E-state index is -2.93. The molecule has 0 aliphatic carbocycles. The van der Waals surface area contributed by atoms with Gasteiger partial charge in [-0.15, -0.1) is 0 Å². The molecule has 0 atom stereocenters. The Balaban J connectivity index is 2.49. The van der Waals surface area contributed by atoms with Crippen molar-refractivity contribution in [3.05, 3.63) is 5.28 Å². The minimum Gasteiger partial charge on any atom is -0.357 e. The lowest BCUT2D eigenvalue weighted by Gasteiger charge is -2.05. The molecule has 96 valence electrons. The Hall–Kier alpha value is -1.15. The van der Waals surface area contributed by atoms with E-state index in [4.69, 9.17) is 11.6 Å². The van der Waals surface area contributed by atoms with Gasteiger partial charge in [-0.05, 0) is 18.0 Å². The predicted octanol–water partition coefficient (Wildman–Crippen LogP) is 0.413. The van der Waals surface area contributed by atoms with Crippen LogP contribution in [-0.4, -0.2) is 49.0 Å². The van der Waals surface area contributed by atoms with E-state index in [-0.39, 0.29) is 11.0 Å². The summed E-state index contributed by atoms with van der Waals surface area (Å²) in [6.07, 6.45) is 1.68. The van der Waals surface area contributed by atoms with Gasteiger partial charge in [0.1, 0.15) is 9.84 Å². The number of anilines is 2. The van der Waals surface area contributed by atoms with Gasteiger partial charge in [-0.1, -0.05) is 0 Å². The maximum Gasteiger partial charge on any atom is 0.228 e. The van der Waals surface area contributed by atoms with Crippen LogP contribution < -0.4 is 10.6 Å². The third-order valence-corrected chi connectivity index (χ3v) is 3.01. The van der Waals surface area contributed by atoms with E-state index in [9.17, 15) is 8.42 Å². The van der Waals surface area contributed by atoms with Crippen molar-refractivity contribution in [3.8, 4) is 0 Å². The second-order valence-corrected chi connectivity index (χ2v) is 6.01. The summed E-state index contributed by atoms with van der Waals surface area (Å²) in [5, 5.41) is 5.70. The van der Waals surface area contributed by atoms with E-state index in [2.05, 4.69) is 25.6 Å². The van der Waals surface area contributed by atoms with E-state index in [1.807, 2.05) is 0 Å². The molecule has 0 spiro atoms. The fourth-order valence-corrected chi connectivity index (χ4v) is 1.90. The van der Waals surface area contributed by atoms with Gasteiger partial charge in [0.2, 0.25) is 17.2 Å². The molecule has 0 saturated heterocycles. The summed E-state index contributed by atoms with van der Waals surface area (Å²) >= 11 is 5.68. The van der Waals surface area contributed by atoms with E-state index in [0.29, 0.717) is 24.9 Å². The van der Waals surface area contributed by atoms with Crippen LogP contribution in [0.5, 0.6) is 0 Å². The third kappa shape index (κ3) is 5.64. The van der Waals surface area contributed by atoms with Crippen LogP contribution in [0.15, 0.2) is 0 Å². The zero-order valence-corrected chi connectivity index (χ0v) is 11.1. The summed E-state index contributed by atoms with van der Waals surface area (Å²) < 4.78 is 21.8. The van der Waals surface area contributed by atoms with Gasteiger partial charge in [0.05, 0.1) is 5.75 Å². The highest BCUT2D eigenvalue weighted by Gasteiger charge is 2.04. The number of hydrogen-bond acceptors (Lipinski definition) is 7. The lowest BCUT2D eigenvalue weighted by molar-refractivity contribution is 0.600. The molecule has 0 aromatic carbocycles. The molecular formula is C8H14ClN5O2S. The molecule has 0 amide bonds. The van der Waals surface area contributed by atoms with E-state index in [1.54, 1.807) is 7.05 Å². The van der Waals surface area contributed by atoms with Crippen LogP contribution in [0, 0.1) is 0 Å².